The molecule has 4 nitrogen and oxygen atoms in total. The first-order valence-corrected chi connectivity index (χ1v) is 7.76. The number of rotatable bonds is 2. The van der Waals surface area contributed by atoms with Gasteiger partial charge in [0.2, 0.25) is 0 Å². The molecule has 5 heteroatoms. The zero-order valence-electron chi connectivity index (χ0n) is 11.8. The van der Waals surface area contributed by atoms with Crippen LogP contribution in [0.15, 0.2) is 28.7 Å². The summed E-state index contributed by atoms with van der Waals surface area (Å²) in [6, 6.07) is 7.67. The van der Waals surface area contributed by atoms with Crippen LogP contribution < -0.4 is 5.32 Å². The van der Waals surface area contributed by atoms with Crippen LogP contribution in [0.1, 0.15) is 31.9 Å². The van der Waals surface area contributed by atoms with Crippen molar-refractivity contribution in [1.82, 2.24) is 10.2 Å². The van der Waals surface area contributed by atoms with E-state index in [1.54, 1.807) is 4.90 Å². The molecule has 1 heterocycles. The number of hydrogen-bond acceptors (Lipinski definition) is 2. The van der Waals surface area contributed by atoms with Crippen LogP contribution in [0.4, 0.5) is 4.79 Å². The summed E-state index contributed by atoms with van der Waals surface area (Å²) in [6.07, 6.45) is 0.422. The number of nitrogens with one attached hydrogen (secondary N) is 1. The highest BCUT2D eigenvalue weighted by Gasteiger charge is 2.28. The van der Waals surface area contributed by atoms with Crippen molar-refractivity contribution < 1.29 is 9.90 Å². The standard InChI is InChI=1S/C15H21BrN2O2/c1-10-7-8-18(9-14(10)19)15(20)17-11(2)12-5-3-4-6-13(12)16/h3-6,10-11,14,19H,7-9H2,1-2H3,(H,17,20). The molecule has 1 aliphatic rings. The molecule has 1 saturated heterocycles. The first-order chi connectivity index (χ1) is 9.49. The van der Waals surface area contributed by atoms with Gasteiger partial charge in [-0.05, 0) is 30.9 Å². The molecule has 0 aliphatic carbocycles. The Morgan fingerprint density at radius 3 is 2.85 bits per heavy atom. The zero-order chi connectivity index (χ0) is 14.7. The van der Waals surface area contributed by atoms with Gasteiger partial charge < -0.3 is 15.3 Å². The lowest BCUT2D eigenvalue weighted by atomic mass is 9.96. The van der Waals surface area contributed by atoms with Crippen molar-refractivity contribution in [1.29, 1.82) is 0 Å². The van der Waals surface area contributed by atoms with Crippen LogP contribution in [0, 0.1) is 5.92 Å². The van der Waals surface area contributed by atoms with Crippen LogP contribution in [-0.2, 0) is 0 Å². The quantitative estimate of drug-likeness (QED) is 0.869. The van der Waals surface area contributed by atoms with Gasteiger partial charge in [0, 0.05) is 17.6 Å². The molecule has 2 rings (SSSR count). The van der Waals surface area contributed by atoms with Gasteiger partial charge in [0.25, 0.3) is 0 Å². The van der Waals surface area contributed by atoms with Crippen LogP contribution in [0.3, 0.4) is 0 Å². The number of urea groups is 1. The normalized spacial score (nSPS) is 24.3. The molecule has 0 radical (unpaired) electrons. The van der Waals surface area contributed by atoms with Crippen molar-refractivity contribution in [3.63, 3.8) is 0 Å². The van der Waals surface area contributed by atoms with Crippen LogP contribution >= 0.6 is 15.9 Å². The number of piperidine rings is 1. The fourth-order valence-corrected chi connectivity index (χ4v) is 3.04. The largest absolute Gasteiger partial charge is 0.391 e. The Morgan fingerprint density at radius 2 is 2.20 bits per heavy atom. The number of carbonyl (C=O) groups excluding carboxylic acids is 1. The van der Waals surface area contributed by atoms with E-state index >= 15 is 0 Å². The molecule has 1 fully saturated rings. The van der Waals surface area contributed by atoms with E-state index in [9.17, 15) is 9.90 Å². The summed E-state index contributed by atoms with van der Waals surface area (Å²) < 4.78 is 0.986. The molecule has 0 bridgehead atoms. The fourth-order valence-electron chi connectivity index (χ4n) is 2.41. The summed E-state index contributed by atoms with van der Waals surface area (Å²) in [5.74, 6) is 0.264. The van der Waals surface area contributed by atoms with E-state index in [0.717, 1.165) is 16.5 Å². The third-order valence-corrected chi connectivity index (χ3v) is 4.64. The van der Waals surface area contributed by atoms with E-state index in [1.807, 2.05) is 38.1 Å². The Hall–Kier alpha value is -1.07. The smallest absolute Gasteiger partial charge is 0.317 e. The first-order valence-electron chi connectivity index (χ1n) is 6.97. The zero-order valence-corrected chi connectivity index (χ0v) is 13.4. The Labute approximate surface area is 128 Å². The highest BCUT2D eigenvalue weighted by Crippen LogP contribution is 2.23. The lowest BCUT2D eigenvalue weighted by Gasteiger charge is -2.35. The summed E-state index contributed by atoms with van der Waals surface area (Å²) in [7, 11) is 0. The van der Waals surface area contributed by atoms with Crippen molar-refractivity contribution in [2.45, 2.75) is 32.4 Å². The maximum Gasteiger partial charge on any atom is 0.317 e. The first kappa shape index (κ1) is 15.3. The van der Waals surface area contributed by atoms with E-state index < -0.39 is 6.10 Å². The molecule has 2 N–H and O–H groups in total. The van der Waals surface area contributed by atoms with E-state index in [-0.39, 0.29) is 18.0 Å². The number of likely N-dealkylation sites (tertiary alicyclic amines) is 1. The minimum absolute atomic E-state index is 0.0745. The number of aliphatic hydroxyl groups is 1. The van der Waals surface area contributed by atoms with E-state index in [0.29, 0.717) is 13.1 Å². The summed E-state index contributed by atoms with van der Waals surface area (Å²) in [4.78, 5) is 13.9. The van der Waals surface area contributed by atoms with Gasteiger partial charge in [-0.2, -0.15) is 0 Å². The number of nitrogens with zero attached hydrogens (tertiary/aromatic N) is 1. The molecule has 1 aromatic rings. The average Bonchev–Trinajstić information content (AvgIpc) is 2.42. The van der Waals surface area contributed by atoms with Crippen molar-refractivity contribution >= 4 is 22.0 Å². The second-order valence-corrected chi connectivity index (χ2v) is 6.33. The van der Waals surface area contributed by atoms with Gasteiger partial charge in [-0.3, -0.25) is 0 Å². The summed E-state index contributed by atoms with van der Waals surface area (Å²) >= 11 is 3.50. The summed E-state index contributed by atoms with van der Waals surface area (Å²) in [6.45, 7) is 5.09. The van der Waals surface area contributed by atoms with Gasteiger partial charge >= 0.3 is 6.03 Å². The number of β-amino-alcohol motifs (C(OH)–C–C–N with tert-alkyl or cyclic N) is 1. The Balaban J connectivity index is 1.96. The predicted molar refractivity (Wildman–Crippen MR) is 82.4 cm³/mol. The molecule has 20 heavy (non-hydrogen) atoms. The van der Waals surface area contributed by atoms with Crippen molar-refractivity contribution in [3.05, 3.63) is 34.3 Å². The SMILES string of the molecule is CC(NC(=O)N1CCC(C)C(O)C1)c1ccccc1Br. The van der Waals surface area contributed by atoms with Gasteiger partial charge in [-0.15, -0.1) is 0 Å². The maximum atomic E-state index is 12.2. The summed E-state index contributed by atoms with van der Waals surface area (Å²) in [5.41, 5.74) is 1.05. The molecule has 110 valence electrons. The third-order valence-electron chi connectivity index (χ3n) is 3.92. The summed E-state index contributed by atoms with van der Waals surface area (Å²) in [5, 5.41) is 12.9. The molecule has 1 aliphatic heterocycles. The average molecular weight is 341 g/mol. The van der Waals surface area contributed by atoms with Crippen LogP contribution in [0.5, 0.6) is 0 Å². The highest BCUT2D eigenvalue weighted by molar-refractivity contribution is 9.10. The van der Waals surface area contributed by atoms with Crippen LogP contribution in [-0.4, -0.2) is 35.2 Å². The molecule has 1 aromatic carbocycles. The van der Waals surface area contributed by atoms with E-state index in [4.69, 9.17) is 0 Å². The van der Waals surface area contributed by atoms with Gasteiger partial charge in [0.15, 0.2) is 0 Å². The van der Waals surface area contributed by atoms with E-state index in [1.165, 1.54) is 0 Å². The van der Waals surface area contributed by atoms with E-state index in [2.05, 4.69) is 21.2 Å². The minimum Gasteiger partial charge on any atom is -0.391 e. The number of aliphatic hydroxyl groups excluding tert-OH is 1. The number of carbonyl (C=O) groups is 1. The molecule has 3 unspecified atom stereocenters. The molecule has 2 amide bonds. The molecule has 0 spiro atoms. The maximum absolute atomic E-state index is 12.2. The number of benzene rings is 1. The molecule has 3 atom stereocenters. The van der Waals surface area contributed by atoms with Crippen LogP contribution in [0.2, 0.25) is 0 Å². The lowest BCUT2D eigenvalue weighted by molar-refractivity contribution is 0.0431. The second-order valence-electron chi connectivity index (χ2n) is 5.47. The fraction of sp³-hybridized carbons (Fsp3) is 0.533. The van der Waals surface area contributed by atoms with Gasteiger partial charge in [-0.1, -0.05) is 41.1 Å². The third kappa shape index (κ3) is 3.52. The lowest BCUT2D eigenvalue weighted by Crippen LogP contribution is -2.50. The number of hydrogen-bond donors (Lipinski definition) is 2. The van der Waals surface area contributed by atoms with Crippen molar-refractivity contribution in [2.75, 3.05) is 13.1 Å². The Morgan fingerprint density at radius 1 is 1.50 bits per heavy atom. The molecular formula is C15H21BrN2O2. The number of amides is 2. The molecule has 0 saturated carbocycles. The molecular weight excluding hydrogens is 320 g/mol. The van der Waals surface area contributed by atoms with Crippen molar-refractivity contribution in [2.24, 2.45) is 5.92 Å². The minimum atomic E-state index is -0.423. The molecule has 0 aromatic heterocycles. The van der Waals surface area contributed by atoms with Crippen molar-refractivity contribution in [3.8, 4) is 0 Å². The predicted octanol–water partition coefficient (Wildman–Crippen LogP) is 2.92. The Bertz CT molecular complexity index is 481. The van der Waals surface area contributed by atoms with Gasteiger partial charge in [0.05, 0.1) is 12.1 Å². The monoisotopic (exact) mass is 340 g/mol. The van der Waals surface area contributed by atoms with Crippen LogP contribution in [0.25, 0.3) is 0 Å². The van der Waals surface area contributed by atoms with Gasteiger partial charge in [-0.25, -0.2) is 4.79 Å². The van der Waals surface area contributed by atoms with Gasteiger partial charge in [0.1, 0.15) is 0 Å². The topological polar surface area (TPSA) is 52.6 Å². The Kier molecular flexibility index (Phi) is 5.05. The second kappa shape index (κ2) is 6.59. The highest BCUT2D eigenvalue weighted by atomic mass is 79.9. The number of halogens is 1.